The predicted molar refractivity (Wildman–Crippen MR) is 49.0 cm³/mol. The van der Waals surface area contributed by atoms with Gasteiger partial charge in [0.2, 0.25) is 0 Å². The Morgan fingerprint density at radius 3 is 2.31 bits per heavy atom. The lowest BCUT2D eigenvalue weighted by Crippen LogP contribution is -2.48. The molecule has 0 aromatic rings. The SMILES string of the molecule is C[C@@H]1CN(C(=O)OCC(F)(F)F)C[C@H](C)O1. The molecule has 7 heteroatoms. The molecule has 4 nitrogen and oxygen atoms in total. The molecule has 1 saturated heterocycles. The van der Waals surface area contributed by atoms with Crippen LogP contribution in [0.25, 0.3) is 0 Å². The Morgan fingerprint density at radius 1 is 1.38 bits per heavy atom. The van der Waals surface area contributed by atoms with Crippen molar-refractivity contribution in [1.82, 2.24) is 4.90 Å². The highest BCUT2D eigenvalue weighted by molar-refractivity contribution is 5.67. The Kier molecular flexibility index (Phi) is 4.01. The number of rotatable bonds is 1. The van der Waals surface area contributed by atoms with Crippen molar-refractivity contribution in [2.45, 2.75) is 32.2 Å². The number of amides is 1. The fraction of sp³-hybridized carbons (Fsp3) is 0.889. The van der Waals surface area contributed by atoms with Crippen LogP contribution in [-0.4, -0.2) is 49.1 Å². The molecule has 1 fully saturated rings. The van der Waals surface area contributed by atoms with Gasteiger partial charge in [0.05, 0.1) is 25.3 Å². The Balaban J connectivity index is 2.41. The summed E-state index contributed by atoms with van der Waals surface area (Å²) in [6.07, 6.45) is -5.82. The zero-order valence-electron chi connectivity index (χ0n) is 9.08. The lowest BCUT2D eigenvalue weighted by Gasteiger charge is -2.34. The maximum Gasteiger partial charge on any atom is 0.422 e. The van der Waals surface area contributed by atoms with E-state index in [0.29, 0.717) is 0 Å². The van der Waals surface area contributed by atoms with E-state index in [0.717, 1.165) is 0 Å². The topological polar surface area (TPSA) is 38.8 Å². The van der Waals surface area contributed by atoms with Gasteiger partial charge in [0, 0.05) is 0 Å². The second-order valence-corrected chi connectivity index (χ2v) is 3.83. The van der Waals surface area contributed by atoms with Crippen LogP contribution in [0.1, 0.15) is 13.8 Å². The molecule has 1 heterocycles. The van der Waals surface area contributed by atoms with Gasteiger partial charge in [-0.2, -0.15) is 13.2 Å². The van der Waals surface area contributed by atoms with E-state index in [9.17, 15) is 18.0 Å². The van der Waals surface area contributed by atoms with E-state index in [1.54, 1.807) is 13.8 Å². The van der Waals surface area contributed by atoms with Crippen molar-refractivity contribution < 1.29 is 27.4 Å². The molecule has 0 radical (unpaired) electrons. The van der Waals surface area contributed by atoms with Crippen LogP contribution in [-0.2, 0) is 9.47 Å². The summed E-state index contributed by atoms with van der Waals surface area (Å²) in [5, 5.41) is 0. The summed E-state index contributed by atoms with van der Waals surface area (Å²) in [5.41, 5.74) is 0. The first-order valence-corrected chi connectivity index (χ1v) is 4.92. The number of halogens is 3. The van der Waals surface area contributed by atoms with Gasteiger partial charge in [-0.3, -0.25) is 0 Å². The summed E-state index contributed by atoms with van der Waals surface area (Å²) < 4.78 is 44.9. The minimum Gasteiger partial charge on any atom is -0.440 e. The fourth-order valence-corrected chi connectivity index (χ4v) is 1.56. The highest BCUT2D eigenvalue weighted by atomic mass is 19.4. The van der Waals surface area contributed by atoms with Gasteiger partial charge in [-0.1, -0.05) is 0 Å². The maximum absolute atomic E-state index is 11.8. The van der Waals surface area contributed by atoms with Crippen LogP contribution < -0.4 is 0 Å². The van der Waals surface area contributed by atoms with Gasteiger partial charge in [-0.25, -0.2) is 4.79 Å². The molecule has 0 aliphatic carbocycles. The maximum atomic E-state index is 11.8. The van der Waals surface area contributed by atoms with Gasteiger partial charge < -0.3 is 14.4 Å². The number of nitrogens with zero attached hydrogens (tertiary/aromatic N) is 1. The molecule has 0 aromatic carbocycles. The minimum absolute atomic E-state index is 0.192. The van der Waals surface area contributed by atoms with E-state index in [1.807, 2.05) is 0 Å². The molecule has 1 rings (SSSR count). The normalized spacial score (nSPS) is 26.7. The van der Waals surface area contributed by atoms with E-state index >= 15 is 0 Å². The molecule has 0 unspecified atom stereocenters. The molecule has 16 heavy (non-hydrogen) atoms. The van der Waals surface area contributed by atoms with Crippen LogP contribution in [0, 0.1) is 0 Å². The third-order valence-electron chi connectivity index (χ3n) is 2.04. The number of carbonyl (C=O) groups excluding carboxylic acids is 1. The molecule has 0 N–H and O–H groups in total. The van der Waals surface area contributed by atoms with Crippen molar-refractivity contribution in [3.63, 3.8) is 0 Å². The van der Waals surface area contributed by atoms with Crippen LogP contribution in [0.2, 0.25) is 0 Å². The fourth-order valence-electron chi connectivity index (χ4n) is 1.56. The highest BCUT2D eigenvalue weighted by Crippen LogP contribution is 2.16. The van der Waals surface area contributed by atoms with E-state index in [-0.39, 0.29) is 25.3 Å². The molecule has 94 valence electrons. The first kappa shape index (κ1) is 13.1. The lowest BCUT2D eigenvalue weighted by atomic mass is 10.2. The zero-order valence-corrected chi connectivity index (χ0v) is 9.08. The summed E-state index contributed by atoms with van der Waals surface area (Å²) in [5.74, 6) is 0. The third-order valence-corrected chi connectivity index (χ3v) is 2.04. The van der Waals surface area contributed by atoms with Crippen molar-refractivity contribution in [1.29, 1.82) is 0 Å². The standard InChI is InChI=1S/C9H14F3NO3/c1-6-3-13(4-7(2)16-6)8(14)15-5-9(10,11)12/h6-7H,3-5H2,1-2H3/t6-,7+. The number of morpholine rings is 1. The van der Waals surface area contributed by atoms with Crippen LogP contribution >= 0.6 is 0 Å². The Morgan fingerprint density at radius 2 is 1.88 bits per heavy atom. The molecule has 2 atom stereocenters. The van der Waals surface area contributed by atoms with Crippen LogP contribution in [0.3, 0.4) is 0 Å². The molecule has 0 bridgehead atoms. The smallest absolute Gasteiger partial charge is 0.422 e. The molecule has 1 aliphatic rings. The van der Waals surface area contributed by atoms with Crippen LogP contribution in [0.4, 0.5) is 18.0 Å². The molecule has 0 spiro atoms. The van der Waals surface area contributed by atoms with Gasteiger partial charge >= 0.3 is 12.3 Å². The Hall–Kier alpha value is -0.980. The summed E-state index contributed by atoms with van der Waals surface area (Å²) in [4.78, 5) is 12.5. The van der Waals surface area contributed by atoms with E-state index in [2.05, 4.69) is 4.74 Å². The second kappa shape index (κ2) is 4.90. The van der Waals surface area contributed by atoms with Gasteiger partial charge in [0.25, 0.3) is 0 Å². The largest absolute Gasteiger partial charge is 0.440 e. The van der Waals surface area contributed by atoms with E-state index < -0.39 is 18.9 Å². The number of hydrogen-bond acceptors (Lipinski definition) is 3. The summed E-state index contributed by atoms with van der Waals surface area (Å²) in [6.45, 7) is 2.45. The molecule has 0 saturated carbocycles. The van der Waals surface area contributed by atoms with Crippen LogP contribution in [0.15, 0.2) is 0 Å². The molecular formula is C9H14F3NO3. The Labute approximate surface area is 91.3 Å². The molecule has 0 aromatic heterocycles. The average molecular weight is 241 g/mol. The highest BCUT2D eigenvalue weighted by Gasteiger charge is 2.32. The molecule has 1 amide bonds. The summed E-state index contributed by atoms with van der Waals surface area (Å²) in [7, 11) is 0. The minimum atomic E-state index is -4.49. The number of ether oxygens (including phenoxy) is 2. The van der Waals surface area contributed by atoms with Gasteiger partial charge in [-0.15, -0.1) is 0 Å². The van der Waals surface area contributed by atoms with Crippen molar-refractivity contribution in [3.05, 3.63) is 0 Å². The van der Waals surface area contributed by atoms with Crippen molar-refractivity contribution >= 4 is 6.09 Å². The van der Waals surface area contributed by atoms with Gasteiger partial charge in [0.1, 0.15) is 0 Å². The summed E-state index contributed by atoms with van der Waals surface area (Å²) >= 11 is 0. The number of hydrogen-bond donors (Lipinski definition) is 0. The monoisotopic (exact) mass is 241 g/mol. The molecular weight excluding hydrogens is 227 g/mol. The quantitative estimate of drug-likeness (QED) is 0.702. The lowest BCUT2D eigenvalue weighted by molar-refractivity contribution is -0.164. The molecule has 1 aliphatic heterocycles. The van der Waals surface area contributed by atoms with Crippen LogP contribution in [0.5, 0.6) is 0 Å². The summed E-state index contributed by atoms with van der Waals surface area (Å²) in [6, 6.07) is 0. The van der Waals surface area contributed by atoms with Gasteiger partial charge in [-0.05, 0) is 13.8 Å². The zero-order chi connectivity index (χ0) is 12.3. The first-order valence-electron chi connectivity index (χ1n) is 4.92. The second-order valence-electron chi connectivity index (χ2n) is 3.83. The Bertz CT molecular complexity index is 247. The third kappa shape index (κ3) is 4.26. The number of carbonyl (C=O) groups is 1. The predicted octanol–water partition coefficient (Wildman–Crippen LogP) is 1.79. The number of alkyl halides is 3. The van der Waals surface area contributed by atoms with Crippen molar-refractivity contribution in [2.24, 2.45) is 0 Å². The van der Waals surface area contributed by atoms with E-state index in [4.69, 9.17) is 4.74 Å². The average Bonchev–Trinajstić information content (AvgIpc) is 2.11. The van der Waals surface area contributed by atoms with Crippen molar-refractivity contribution in [3.8, 4) is 0 Å². The van der Waals surface area contributed by atoms with E-state index in [1.165, 1.54) is 4.90 Å². The van der Waals surface area contributed by atoms with Gasteiger partial charge in [0.15, 0.2) is 6.61 Å². The van der Waals surface area contributed by atoms with Crippen molar-refractivity contribution in [2.75, 3.05) is 19.7 Å². The first-order chi connectivity index (χ1) is 7.28.